The number of halogens is 2. The Morgan fingerprint density at radius 2 is 1.53 bits per heavy atom. The highest BCUT2D eigenvalue weighted by Gasteiger charge is 2.28. The molecule has 5 nitrogen and oxygen atoms in total. The van der Waals surface area contributed by atoms with Crippen LogP contribution >= 0.6 is 23.2 Å². The highest BCUT2D eigenvalue weighted by atomic mass is 35.5. The topological polar surface area (TPSA) is 66.5 Å². The van der Waals surface area contributed by atoms with Crippen molar-refractivity contribution in [1.82, 2.24) is 5.32 Å². The van der Waals surface area contributed by atoms with Crippen LogP contribution in [0.15, 0.2) is 71.6 Å². The van der Waals surface area contributed by atoms with Gasteiger partial charge in [0.2, 0.25) is 5.91 Å². The van der Waals surface area contributed by atoms with Gasteiger partial charge in [-0.3, -0.25) is 9.10 Å². The number of rotatable bonds is 8. The molecule has 8 heteroatoms. The average Bonchev–Trinajstić information content (AvgIpc) is 2.75. The Balaban J connectivity index is 1.82. The van der Waals surface area contributed by atoms with Gasteiger partial charge in [-0.1, -0.05) is 59.1 Å². The average molecular weight is 491 g/mol. The summed E-state index contributed by atoms with van der Waals surface area (Å²) in [5.41, 5.74) is 3.02. The molecular weight excluding hydrogens is 467 g/mol. The number of nitrogens with zero attached hydrogens (tertiary/aromatic N) is 1. The predicted molar refractivity (Wildman–Crippen MR) is 130 cm³/mol. The standard InChI is InChI=1S/C24H24Cl2N2O3S/c1-17-3-11-22(12-4-17)32(30,31)28(23-15-21(26)8-5-18(23)2)16-24(29)27-14-13-19-6-9-20(25)10-7-19/h3-12,15H,13-14,16H2,1-2H3,(H,27,29). The molecule has 32 heavy (non-hydrogen) atoms. The van der Waals surface area contributed by atoms with Gasteiger partial charge in [0.1, 0.15) is 6.54 Å². The molecule has 0 saturated carbocycles. The van der Waals surface area contributed by atoms with Gasteiger partial charge in [-0.15, -0.1) is 0 Å². The molecule has 1 amide bonds. The number of hydrogen-bond donors (Lipinski definition) is 1. The summed E-state index contributed by atoms with van der Waals surface area (Å²) in [5.74, 6) is -0.408. The number of hydrogen-bond acceptors (Lipinski definition) is 3. The third-order valence-electron chi connectivity index (χ3n) is 4.99. The Morgan fingerprint density at radius 3 is 2.19 bits per heavy atom. The van der Waals surface area contributed by atoms with Crippen LogP contribution in [-0.2, 0) is 21.2 Å². The third kappa shape index (κ3) is 6.03. The van der Waals surface area contributed by atoms with Crippen molar-refractivity contribution in [1.29, 1.82) is 0 Å². The fourth-order valence-electron chi connectivity index (χ4n) is 3.17. The van der Waals surface area contributed by atoms with Crippen LogP contribution in [0.25, 0.3) is 0 Å². The quantitative estimate of drug-likeness (QED) is 0.473. The molecule has 0 bridgehead atoms. The van der Waals surface area contributed by atoms with E-state index in [1.54, 1.807) is 49.4 Å². The molecule has 0 saturated heterocycles. The fraction of sp³-hybridized carbons (Fsp3) is 0.208. The zero-order valence-electron chi connectivity index (χ0n) is 17.8. The summed E-state index contributed by atoms with van der Waals surface area (Å²) in [6, 6.07) is 18.8. The number of carbonyl (C=O) groups excluding carboxylic acids is 1. The van der Waals surface area contributed by atoms with Crippen molar-refractivity contribution in [3.05, 3.63) is 93.5 Å². The summed E-state index contributed by atoms with van der Waals surface area (Å²) in [5, 5.41) is 3.83. The molecule has 3 rings (SSSR count). The molecule has 0 radical (unpaired) electrons. The van der Waals surface area contributed by atoms with E-state index in [0.29, 0.717) is 34.3 Å². The van der Waals surface area contributed by atoms with Crippen molar-refractivity contribution in [3.8, 4) is 0 Å². The monoisotopic (exact) mass is 490 g/mol. The molecule has 168 valence electrons. The van der Waals surface area contributed by atoms with Crippen molar-refractivity contribution in [3.63, 3.8) is 0 Å². The lowest BCUT2D eigenvalue weighted by atomic mass is 10.1. The minimum absolute atomic E-state index is 0.108. The van der Waals surface area contributed by atoms with Crippen molar-refractivity contribution >= 4 is 44.8 Å². The first-order valence-electron chi connectivity index (χ1n) is 10.0. The smallest absolute Gasteiger partial charge is 0.264 e. The van der Waals surface area contributed by atoms with Crippen LogP contribution in [0.4, 0.5) is 5.69 Å². The van der Waals surface area contributed by atoms with E-state index in [4.69, 9.17) is 23.2 Å². The van der Waals surface area contributed by atoms with E-state index in [1.165, 1.54) is 12.1 Å². The minimum atomic E-state index is -3.99. The second kappa shape index (κ2) is 10.4. The van der Waals surface area contributed by atoms with Crippen molar-refractivity contribution in [2.75, 3.05) is 17.4 Å². The molecule has 0 aliphatic carbocycles. The predicted octanol–water partition coefficient (Wildman–Crippen LogP) is 5.16. The zero-order valence-corrected chi connectivity index (χ0v) is 20.1. The van der Waals surface area contributed by atoms with Crippen LogP contribution in [0.3, 0.4) is 0 Å². The van der Waals surface area contributed by atoms with Gasteiger partial charge in [-0.2, -0.15) is 0 Å². The summed E-state index contributed by atoms with van der Waals surface area (Å²) in [7, 11) is -3.99. The van der Waals surface area contributed by atoms with Gasteiger partial charge < -0.3 is 5.32 Å². The van der Waals surface area contributed by atoms with Crippen LogP contribution in [-0.4, -0.2) is 27.4 Å². The third-order valence-corrected chi connectivity index (χ3v) is 7.25. The first-order chi connectivity index (χ1) is 15.2. The highest BCUT2D eigenvalue weighted by molar-refractivity contribution is 7.92. The molecule has 0 fully saturated rings. The van der Waals surface area contributed by atoms with E-state index >= 15 is 0 Å². The molecule has 3 aromatic carbocycles. The maximum atomic E-state index is 13.5. The normalized spacial score (nSPS) is 11.2. The zero-order chi connectivity index (χ0) is 23.3. The maximum absolute atomic E-state index is 13.5. The number of amides is 1. The largest absolute Gasteiger partial charge is 0.354 e. The second-order valence-electron chi connectivity index (χ2n) is 7.48. The van der Waals surface area contributed by atoms with Crippen LogP contribution in [0.5, 0.6) is 0 Å². The molecule has 0 heterocycles. The summed E-state index contributed by atoms with van der Waals surface area (Å²) in [6.45, 7) is 3.66. The SMILES string of the molecule is Cc1ccc(S(=O)(=O)N(CC(=O)NCCc2ccc(Cl)cc2)c2cc(Cl)ccc2C)cc1. The highest BCUT2D eigenvalue weighted by Crippen LogP contribution is 2.29. The number of nitrogens with one attached hydrogen (secondary N) is 1. The Morgan fingerprint density at radius 1 is 0.906 bits per heavy atom. The molecular formula is C24H24Cl2N2O3S. The number of aryl methyl sites for hydroxylation is 2. The Labute approximate surface area is 199 Å². The van der Waals surface area contributed by atoms with E-state index in [9.17, 15) is 13.2 Å². The van der Waals surface area contributed by atoms with E-state index in [2.05, 4.69) is 5.32 Å². The fourth-order valence-corrected chi connectivity index (χ4v) is 4.94. The molecule has 3 aromatic rings. The molecule has 1 N–H and O–H groups in total. The van der Waals surface area contributed by atoms with Crippen LogP contribution in [0.2, 0.25) is 10.0 Å². The molecule has 0 aliphatic rings. The Bertz CT molecular complexity index is 1190. The number of anilines is 1. The first-order valence-corrected chi connectivity index (χ1v) is 12.2. The van der Waals surface area contributed by atoms with Gasteiger partial charge in [0.15, 0.2) is 0 Å². The lowest BCUT2D eigenvalue weighted by Crippen LogP contribution is -2.41. The number of carbonyl (C=O) groups is 1. The van der Waals surface area contributed by atoms with Gasteiger partial charge in [0.25, 0.3) is 10.0 Å². The van der Waals surface area contributed by atoms with Gasteiger partial charge in [-0.05, 0) is 67.8 Å². The molecule has 0 unspecified atom stereocenters. The summed E-state index contributed by atoms with van der Waals surface area (Å²) in [6.07, 6.45) is 0.601. The molecule has 0 aliphatic heterocycles. The van der Waals surface area contributed by atoms with Crippen LogP contribution < -0.4 is 9.62 Å². The molecule has 0 aromatic heterocycles. The minimum Gasteiger partial charge on any atom is -0.354 e. The lowest BCUT2D eigenvalue weighted by Gasteiger charge is -2.26. The maximum Gasteiger partial charge on any atom is 0.264 e. The number of sulfonamides is 1. The lowest BCUT2D eigenvalue weighted by molar-refractivity contribution is -0.119. The van der Waals surface area contributed by atoms with Crippen molar-refractivity contribution in [2.24, 2.45) is 0 Å². The van der Waals surface area contributed by atoms with Gasteiger partial charge in [0.05, 0.1) is 10.6 Å². The summed E-state index contributed by atoms with van der Waals surface area (Å²) < 4.78 is 28.0. The Hall–Kier alpha value is -2.54. The first kappa shape index (κ1) is 24.1. The van der Waals surface area contributed by atoms with Crippen LogP contribution in [0.1, 0.15) is 16.7 Å². The van der Waals surface area contributed by atoms with E-state index in [1.807, 2.05) is 19.1 Å². The van der Waals surface area contributed by atoms with Gasteiger partial charge in [0, 0.05) is 16.6 Å². The second-order valence-corrected chi connectivity index (χ2v) is 10.2. The van der Waals surface area contributed by atoms with Crippen molar-refractivity contribution in [2.45, 2.75) is 25.2 Å². The van der Waals surface area contributed by atoms with Gasteiger partial charge in [-0.25, -0.2) is 8.42 Å². The van der Waals surface area contributed by atoms with Gasteiger partial charge >= 0.3 is 0 Å². The van der Waals surface area contributed by atoms with Crippen molar-refractivity contribution < 1.29 is 13.2 Å². The van der Waals surface area contributed by atoms with E-state index in [-0.39, 0.29) is 11.4 Å². The van der Waals surface area contributed by atoms with E-state index < -0.39 is 15.9 Å². The molecule has 0 atom stereocenters. The summed E-state index contributed by atoms with van der Waals surface area (Å²) >= 11 is 12.0. The van der Waals surface area contributed by atoms with Crippen LogP contribution in [0, 0.1) is 13.8 Å². The number of benzene rings is 3. The molecule has 0 spiro atoms. The summed E-state index contributed by atoms with van der Waals surface area (Å²) in [4.78, 5) is 12.8. The Kier molecular flexibility index (Phi) is 7.82. The van der Waals surface area contributed by atoms with E-state index in [0.717, 1.165) is 15.4 Å².